The molecule has 3 rings (SSSR count). The molecule has 0 saturated heterocycles. The van der Waals surface area contributed by atoms with E-state index >= 15 is 0 Å². The van der Waals surface area contributed by atoms with E-state index < -0.39 is 0 Å². The molecule has 1 aliphatic rings. The quantitative estimate of drug-likeness (QED) is 0.535. The Morgan fingerprint density at radius 1 is 1.43 bits per heavy atom. The summed E-state index contributed by atoms with van der Waals surface area (Å²) >= 11 is 0. The number of hydrogen-bond acceptors (Lipinski definition) is 7. The fourth-order valence-corrected chi connectivity index (χ4v) is 3.50. The van der Waals surface area contributed by atoms with Crippen molar-refractivity contribution in [3.05, 3.63) is 30.4 Å². The molecule has 8 heteroatoms. The Hall–Kier alpha value is -2.90. The van der Waals surface area contributed by atoms with Crippen molar-refractivity contribution in [1.29, 1.82) is 0 Å². The minimum atomic E-state index is -0.381. The lowest BCUT2D eigenvalue weighted by Crippen LogP contribution is -2.14. The number of carbonyl (C=O) groups is 1. The predicted octanol–water partition coefficient (Wildman–Crippen LogP) is 2.86. The van der Waals surface area contributed by atoms with E-state index in [-0.39, 0.29) is 12.5 Å². The Balaban J connectivity index is 1.67. The van der Waals surface area contributed by atoms with Gasteiger partial charge in [-0.1, -0.05) is 19.3 Å². The Kier molecular flexibility index (Phi) is 7.00. The summed E-state index contributed by atoms with van der Waals surface area (Å²) in [5.41, 5.74) is 7.06. The van der Waals surface area contributed by atoms with Crippen LogP contribution in [0.5, 0.6) is 0 Å². The monoisotopic (exact) mass is 384 g/mol. The van der Waals surface area contributed by atoms with Crippen LogP contribution in [-0.2, 0) is 16.1 Å². The van der Waals surface area contributed by atoms with Crippen molar-refractivity contribution < 1.29 is 9.53 Å². The van der Waals surface area contributed by atoms with Gasteiger partial charge in [-0.15, -0.1) is 0 Å². The number of carbonyl (C=O) groups excluding carboxylic acids is 1. The van der Waals surface area contributed by atoms with E-state index in [1.165, 1.54) is 44.5 Å². The number of esters is 1. The highest BCUT2D eigenvalue weighted by atomic mass is 16.5. The summed E-state index contributed by atoms with van der Waals surface area (Å²) in [6.45, 7) is 3.02. The lowest BCUT2D eigenvalue weighted by Gasteiger charge is -2.22. The normalized spacial score (nSPS) is 16.0. The molecule has 0 aromatic carbocycles. The topological polar surface area (TPSA) is 107 Å². The second kappa shape index (κ2) is 9.87. The van der Waals surface area contributed by atoms with E-state index in [0.29, 0.717) is 24.2 Å². The largest absolute Gasteiger partial charge is 0.465 e. The number of fused-ring (bicyclic) bond motifs is 1. The van der Waals surface area contributed by atoms with Gasteiger partial charge in [0.2, 0.25) is 5.95 Å². The Morgan fingerprint density at radius 2 is 2.25 bits per heavy atom. The molecule has 0 spiro atoms. The molecular formula is C20H28N6O2. The third kappa shape index (κ3) is 5.31. The molecule has 3 N–H and O–H groups in total. The molecule has 28 heavy (non-hydrogen) atoms. The van der Waals surface area contributed by atoms with Crippen LogP contribution in [-0.4, -0.2) is 39.9 Å². The number of ether oxygens (including phenoxy) is 1. The minimum absolute atomic E-state index is 0.0585. The molecular weight excluding hydrogens is 356 g/mol. The SMILES string of the molecule is CCOC(=O)CN=C/C(=C\N)Nc1ncc2ccn(CC3CCCCC3)c2n1. The van der Waals surface area contributed by atoms with Crippen LogP contribution in [0.25, 0.3) is 11.0 Å². The van der Waals surface area contributed by atoms with Gasteiger partial charge in [0.05, 0.1) is 12.3 Å². The number of anilines is 1. The molecule has 0 unspecified atom stereocenters. The molecule has 0 radical (unpaired) electrons. The smallest absolute Gasteiger partial charge is 0.327 e. The van der Waals surface area contributed by atoms with Crippen LogP contribution in [0.4, 0.5) is 5.95 Å². The van der Waals surface area contributed by atoms with Gasteiger partial charge in [0.25, 0.3) is 0 Å². The van der Waals surface area contributed by atoms with E-state index in [9.17, 15) is 4.79 Å². The van der Waals surface area contributed by atoms with Gasteiger partial charge in [-0.3, -0.25) is 9.79 Å². The first-order valence-corrected chi connectivity index (χ1v) is 9.86. The van der Waals surface area contributed by atoms with Gasteiger partial charge < -0.3 is 20.4 Å². The predicted molar refractivity (Wildman–Crippen MR) is 110 cm³/mol. The zero-order chi connectivity index (χ0) is 19.8. The summed E-state index contributed by atoms with van der Waals surface area (Å²) < 4.78 is 7.05. The average Bonchev–Trinajstić information content (AvgIpc) is 3.10. The molecule has 2 heterocycles. The number of aliphatic imine (C=N–C) groups is 1. The standard InChI is InChI=1S/C20H28N6O2/c1-2-28-18(27)13-22-12-17(10-21)24-20-23-11-16-8-9-26(19(16)25-20)14-15-6-4-3-5-7-15/h8-12,15H,2-7,13-14,21H2,1H3,(H,23,24,25)/b17-10+,22-12?. The van der Waals surface area contributed by atoms with Gasteiger partial charge >= 0.3 is 5.97 Å². The molecule has 2 aromatic rings. The maximum Gasteiger partial charge on any atom is 0.327 e. The molecule has 0 amide bonds. The van der Waals surface area contributed by atoms with Crippen LogP contribution < -0.4 is 11.1 Å². The van der Waals surface area contributed by atoms with Crippen molar-refractivity contribution >= 4 is 29.2 Å². The molecule has 2 aromatic heterocycles. The number of nitrogens with zero attached hydrogens (tertiary/aromatic N) is 4. The lowest BCUT2D eigenvalue weighted by atomic mass is 9.89. The van der Waals surface area contributed by atoms with Gasteiger partial charge in [0, 0.05) is 36.7 Å². The van der Waals surface area contributed by atoms with E-state index in [2.05, 4.69) is 31.0 Å². The van der Waals surface area contributed by atoms with Crippen molar-refractivity contribution in [1.82, 2.24) is 14.5 Å². The van der Waals surface area contributed by atoms with Crippen LogP contribution in [0.1, 0.15) is 39.0 Å². The fraction of sp³-hybridized carbons (Fsp3) is 0.500. The third-order valence-electron chi connectivity index (χ3n) is 4.87. The molecule has 1 aliphatic carbocycles. The number of nitrogens with one attached hydrogen (secondary N) is 1. The fourth-order valence-electron chi connectivity index (χ4n) is 3.50. The van der Waals surface area contributed by atoms with Crippen LogP contribution in [0.3, 0.4) is 0 Å². The van der Waals surface area contributed by atoms with Gasteiger partial charge in [-0.25, -0.2) is 4.98 Å². The number of allylic oxidation sites excluding steroid dienone is 1. The first kappa shape index (κ1) is 19.9. The number of nitrogens with two attached hydrogens (primary N) is 1. The molecule has 0 atom stereocenters. The Bertz CT molecular complexity index is 851. The highest BCUT2D eigenvalue weighted by Crippen LogP contribution is 2.26. The maximum atomic E-state index is 11.4. The molecule has 1 fully saturated rings. The highest BCUT2D eigenvalue weighted by Gasteiger charge is 2.15. The van der Waals surface area contributed by atoms with E-state index in [1.54, 1.807) is 13.1 Å². The summed E-state index contributed by atoms with van der Waals surface area (Å²) in [5.74, 6) is 0.772. The maximum absolute atomic E-state index is 11.4. The zero-order valence-corrected chi connectivity index (χ0v) is 16.3. The van der Waals surface area contributed by atoms with E-state index in [1.807, 2.05) is 6.07 Å². The number of aromatic nitrogens is 3. The Labute approximate surface area is 164 Å². The summed E-state index contributed by atoms with van der Waals surface area (Å²) in [7, 11) is 0. The summed E-state index contributed by atoms with van der Waals surface area (Å²) in [6, 6.07) is 2.04. The second-order valence-corrected chi connectivity index (χ2v) is 6.97. The summed E-state index contributed by atoms with van der Waals surface area (Å²) in [4.78, 5) is 24.4. The van der Waals surface area contributed by atoms with E-state index in [4.69, 9.17) is 10.5 Å². The third-order valence-corrected chi connectivity index (χ3v) is 4.87. The molecule has 8 nitrogen and oxygen atoms in total. The highest BCUT2D eigenvalue weighted by molar-refractivity contribution is 5.85. The number of rotatable bonds is 8. The van der Waals surface area contributed by atoms with Gasteiger partial charge in [-0.05, 0) is 31.7 Å². The van der Waals surface area contributed by atoms with Gasteiger partial charge in [0.1, 0.15) is 12.2 Å². The van der Waals surface area contributed by atoms with Crippen molar-refractivity contribution in [2.24, 2.45) is 16.6 Å². The molecule has 1 saturated carbocycles. The van der Waals surface area contributed by atoms with Gasteiger partial charge in [-0.2, -0.15) is 4.98 Å². The van der Waals surface area contributed by atoms with Crippen LogP contribution >= 0.6 is 0 Å². The molecule has 0 bridgehead atoms. The Morgan fingerprint density at radius 3 is 3.00 bits per heavy atom. The number of hydrogen-bond donors (Lipinski definition) is 2. The van der Waals surface area contributed by atoms with Crippen molar-refractivity contribution in [3.8, 4) is 0 Å². The average molecular weight is 384 g/mol. The minimum Gasteiger partial charge on any atom is -0.465 e. The first-order chi connectivity index (χ1) is 13.7. The first-order valence-electron chi connectivity index (χ1n) is 9.86. The second-order valence-electron chi connectivity index (χ2n) is 6.97. The van der Waals surface area contributed by atoms with Crippen LogP contribution in [0.15, 0.2) is 35.3 Å². The van der Waals surface area contributed by atoms with Crippen LogP contribution in [0.2, 0.25) is 0 Å². The van der Waals surface area contributed by atoms with Crippen molar-refractivity contribution in [3.63, 3.8) is 0 Å². The molecule has 0 aliphatic heterocycles. The zero-order valence-electron chi connectivity index (χ0n) is 16.3. The lowest BCUT2D eigenvalue weighted by molar-refractivity contribution is -0.141. The summed E-state index contributed by atoms with van der Waals surface area (Å²) in [6.07, 6.45) is 13.3. The van der Waals surface area contributed by atoms with Crippen molar-refractivity contribution in [2.75, 3.05) is 18.5 Å². The summed E-state index contributed by atoms with van der Waals surface area (Å²) in [5, 5.41) is 4.06. The van der Waals surface area contributed by atoms with Gasteiger partial charge in [0.15, 0.2) is 0 Å². The van der Waals surface area contributed by atoms with E-state index in [0.717, 1.165) is 17.6 Å². The molecule has 150 valence electrons. The van der Waals surface area contributed by atoms with Crippen molar-refractivity contribution in [2.45, 2.75) is 45.6 Å². The van der Waals surface area contributed by atoms with Crippen LogP contribution in [0, 0.1) is 5.92 Å².